The lowest BCUT2D eigenvalue weighted by molar-refractivity contribution is -0.384. The van der Waals surface area contributed by atoms with E-state index in [0.29, 0.717) is 0 Å². The Morgan fingerprint density at radius 2 is 2.04 bits per heavy atom. The SMILES string of the molecule is COc1ccc2c(N3CCc4cc([N+](=O)[O-])ccc43)ccnc2c1. The second-order valence-corrected chi connectivity index (χ2v) is 5.68. The van der Waals surface area contributed by atoms with Crippen molar-refractivity contribution >= 4 is 28.0 Å². The molecule has 0 fully saturated rings. The normalized spacial score (nSPS) is 13.1. The van der Waals surface area contributed by atoms with Gasteiger partial charge in [-0.05, 0) is 36.2 Å². The molecule has 0 radical (unpaired) electrons. The van der Waals surface area contributed by atoms with Gasteiger partial charge in [0.1, 0.15) is 5.75 Å². The number of non-ortho nitro benzene ring substituents is 1. The fraction of sp³-hybridized carbons (Fsp3) is 0.167. The van der Waals surface area contributed by atoms with E-state index in [-0.39, 0.29) is 10.6 Å². The third kappa shape index (κ3) is 2.23. The van der Waals surface area contributed by atoms with Crippen LogP contribution in [0.4, 0.5) is 17.1 Å². The minimum Gasteiger partial charge on any atom is -0.497 e. The molecule has 0 saturated carbocycles. The second-order valence-electron chi connectivity index (χ2n) is 5.68. The molecule has 1 aliphatic rings. The molecule has 0 bridgehead atoms. The summed E-state index contributed by atoms with van der Waals surface area (Å²) in [5.41, 5.74) is 4.07. The lowest BCUT2D eigenvalue weighted by atomic mass is 10.1. The van der Waals surface area contributed by atoms with Crippen molar-refractivity contribution in [1.29, 1.82) is 0 Å². The summed E-state index contributed by atoms with van der Waals surface area (Å²) in [5.74, 6) is 0.768. The van der Waals surface area contributed by atoms with Crippen molar-refractivity contribution in [3.8, 4) is 5.75 Å². The Labute approximate surface area is 138 Å². The van der Waals surface area contributed by atoms with Crippen LogP contribution in [-0.4, -0.2) is 23.6 Å². The summed E-state index contributed by atoms with van der Waals surface area (Å²) in [6.45, 7) is 0.793. The van der Waals surface area contributed by atoms with Gasteiger partial charge in [-0.15, -0.1) is 0 Å². The Balaban J connectivity index is 1.82. The summed E-state index contributed by atoms with van der Waals surface area (Å²) in [6.07, 6.45) is 2.57. The number of ether oxygens (including phenoxy) is 1. The number of benzene rings is 2. The molecular formula is C18H15N3O3. The van der Waals surface area contributed by atoms with Gasteiger partial charge in [0.25, 0.3) is 5.69 Å². The molecule has 0 amide bonds. The highest BCUT2D eigenvalue weighted by atomic mass is 16.6. The van der Waals surface area contributed by atoms with Gasteiger partial charge in [0.05, 0.1) is 23.2 Å². The number of pyridine rings is 1. The highest BCUT2D eigenvalue weighted by Gasteiger charge is 2.24. The minimum atomic E-state index is -0.350. The molecule has 0 spiro atoms. The predicted molar refractivity (Wildman–Crippen MR) is 92.1 cm³/mol. The van der Waals surface area contributed by atoms with Crippen LogP contribution in [-0.2, 0) is 6.42 Å². The topological polar surface area (TPSA) is 68.5 Å². The number of aromatic nitrogens is 1. The average molecular weight is 321 g/mol. The van der Waals surface area contributed by atoms with Crippen molar-refractivity contribution in [1.82, 2.24) is 4.98 Å². The van der Waals surface area contributed by atoms with Crippen molar-refractivity contribution in [3.63, 3.8) is 0 Å². The van der Waals surface area contributed by atoms with Crippen molar-refractivity contribution in [2.24, 2.45) is 0 Å². The molecular weight excluding hydrogens is 306 g/mol. The highest BCUT2D eigenvalue weighted by Crippen LogP contribution is 2.39. The van der Waals surface area contributed by atoms with E-state index in [9.17, 15) is 10.1 Å². The maximum Gasteiger partial charge on any atom is 0.269 e. The maximum atomic E-state index is 11.0. The van der Waals surface area contributed by atoms with Crippen LogP contribution in [0.5, 0.6) is 5.75 Å². The van der Waals surface area contributed by atoms with Crippen molar-refractivity contribution in [2.75, 3.05) is 18.6 Å². The molecule has 24 heavy (non-hydrogen) atoms. The second kappa shape index (κ2) is 5.49. The molecule has 120 valence electrons. The first kappa shape index (κ1) is 14.4. The van der Waals surface area contributed by atoms with Gasteiger partial charge in [-0.1, -0.05) is 0 Å². The van der Waals surface area contributed by atoms with Crippen LogP contribution in [0, 0.1) is 10.1 Å². The van der Waals surface area contributed by atoms with E-state index in [0.717, 1.165) is 46.6 Å². The zero-order chi connectivity index (χ0) is 16.7. The molecule has 6 heteroatoms. The quantitative estimate of drug-likeness (QED) is 0.541. The van der Waals surface area contributed by atoms with Crippen LogP contribution in [0.2, 0.25) is 0 Å². The monoisotopic (exact) mass is 321 g/mol. The van der Waals surface area contributed by atoms with E-state index >= 15 is 0 Å². The number of rotatable bonds is 3. The minimum absolute atomic E-state index is 0.139. The molecule has 1 aromatic heterocycles. The molecule has 0 saturated heterocycles. The summed E-state index contributed by atoms with van der Waals surface area (Å²) < 4.78 is 5.26. The molecule has 3 aromatic rings. The third-order valence-corrected chi connectivity index (χ3v) is 4.39. The Morgan fingerprint density at radius 1 is 1.17 bits per heavy atom. The van der Waals surface area contributed by atoms with Gasteiger partial charge in [0.15, 0.2) is 0 Å². The number of anilines is 2. The number of hydrogen-bond acceptors (Lipinski definition) is 5. The Hall–Kier alpha value is -3.15. The molecule has 6 nitrogen and oxygen atoms in total. The van der Waals surface area contributed by atoms with Gasteiger partial charge in [0.2, 0.25) is 0 Å². The number of nitrogens with zero attached hydrogens (tertiary/aromatic N) is 3. The number of hydrogen-bond donors (Lipinski definition) is 0. The fourth-order valence-electron chi connectivity index (χ4n) is 3.23. The maximum absolute atomic E-state index is 11.0. The Kier molecular flexibility index (Phi) is 3.30. The molecule has 1 aliphatic heterocycles. The zero-order valence-corrected chi connectivity index (χ0v) is 13.1. The standard InChI is InChI=1S/C18H15N3O3/c1-24-14-3-4-15-16(11-14)19-8-6-18(15)20-9-7-12-10-13(21(22)23)2-5-17(12)20/h2-6,8,10-11H,7,9H2,1H3. The van der Waals surface area contributed by atoms with Gasteiger partial charge in [0, 0.05) is 42.0 Å². The number of methoxy groups -OCH3 is 1. The summed E-state index contributed by atoms with van der Waals surface area (Å²) in [6, 6.07) is 12.9. The third-order valence-electron chi connectivity index (χ3n) is 4.39. The molecule has 0 N–H and O–H groups in total. The first-order valence-electron chi connectivity index (χ1n) is 7.65. The summed E-state index contributed by atoms with van der Waals surface area (Å²) in [5, 5.41) is 12.0. The summed E-state index contributed by atoms with van der Waals surface area (Å²) in [7, 11) is 1.63. The lowest BCUT2D eigenvalue weighted by Gasteiger charge is -2.21. The molecule has 2 aromatic carbocycles. The van der Waals surface area contributed by atoms with E-state index in [2.05, 4.69) is 9.88 Å². The van der Waals surface area contributed by atoms with Gasteiger partial charge < -0.3 is 9.64 Å². The van der Waals surface area contributed by atoms with Crippen molar-refractivity contribution in [2.45, 2.75) is 6.42 Å². The largest absolute Gasteiger partial charge is 0.497 e. The molecule has 0 atom stereocenters. The fourth-order valence-corrected chi connectivity index (χ4v) is 3.23. The van der Waals surface area contributed by atoms with Crippen LogP contribution in [0.3, 0.4) is 0 Å². The van der Waals surface area contributed by atoms with Gasteiger partial charge >= 0.3 is 0 Å². The van der Waals surface area contributed by atoms with Crippen LogP contribution in [0.15, 0.2) is 48.7 Å². The summed E-state index contributed by atoms with van der Waals surface area (Å²) in [4.78, 5) is 17.2. The number of fused-ring (bicyclic) bond motifs is 2. The first-order chi connectivity index (χ1) is 11.7. The summed E-state index contributed by atoms with van der Waals surface area (Å²) >= 11 is 0. The zero-order valence-electron chi connectivity index (χ0n) is 13.1. The van der Waals surface area contributed by atoms with Gasteiger partial charge in [-0.3, -0.25) is 15.1 Å². The van der Waals surface area contributed by atoms with Gasteiger partial charge in [-0.25, -0.2) is 0 Å². The lowest BCUT2D eigenvalue weighted by Crippen LogP contribution is -2.13. The van der Waals surface area contributed by atoms with Crippen LogP contribution in [0.25, 0.3) is 10.9 Å². The van der Waals surface area contributed by atoms with Crippen LogP contribution < -0.4 is 9.64 Å². The van der Waals surface area contributed by atoms with Crippen LogP contribution in [0.1, 0.15) is 5.56 Å². The van der Waals surface area contributed by atoms with E-state index in [1.54, 1.807) is 25.4 Å². The smallest absolute Gasteiger partial charge is 0.269 e. The molecule has 2 heterocycles. The predicted octanol–water partition coefficient (Wildman–Crippen LogP) is 3.85. The number of nitro benzene ring substituents is 1. The Morgan fingerprint density at radius 3 is 2.83 bits per heavy atom. The molecule has 0 aliphatic carbocycles. The van der Waals surface area contributed by atoms with Crippen LogP contribution >= 0.6 is 0 Å². The molecule has 0 unspecified atom stereocenters. The van der Waals surface area contributed by atoms with Gasteiger partial charge in [-0.2, -0.15) is 0 Å². The van der Waals surface area contributed by atoms with E-state index < -0.39 is 0 Å². The van der Waals surface area contributed by atoms with E-state index in [4.69, 9.17) is 4.74 Å². The van der Waals surface area contributed by atoms with Crippen molar-refractivity contribution < 1.29 is 9.66 Å². The van der Waals surface area contributed by atoms with E-state index in [1.165, 1.54) is 0 Å². The first-order valence-corrected chi connectivity index (χ1v) is 7.65. The average Bonchev–Trinajstić information content (AvgIpc) is 3.03. The Bertz CT molecular complexity index is 955. The highest BCUT2D eigenvalue weighted by molar-refractivity contribution is 5.95. The van der Waals surface area contributed by atoms with Crippen molar-refractivity contribution in [3.05, 3.63) is 64.3 Å². The molecule has 4 rings (SSSR count). The van der Waals surface area contributed by atoms with E-state index in [1.807, 2.05) is 30.3 Å². The number of nitro groups is 1.